The topological polar surface area (TPSA) is 96.0 Å². The van der Waals surface area contributed by atoms with Crippen molar-refractivity contribution in [3.8, 4) is 5.75 Å². The Balaban J connectivity index is 1.59. The lowest BCUT2D eigenvalue weighted by molar-refractivity contribution is -0.128. The van der Waals surface area contributed by atoms with Gasteiger partial charge in [-0.3, -0.25) is 13.9 Å². The molecule has 1 atom stereocenters. The van der Waals surface area contributed by atoms with Gasteiger partial charge in [-0.25, -0.2) is 8.42 Å². The van der Waals surface area contributed by atoms with Gasteiger partial charge in [-0.1, -0.05) is 19.1 Å². The average Bonchev–Trinajstić information content (AvgIpc) is 3.21. The maximum atomic E-state index is 12.7. The molecule has 0 bridgehead atoms. The number of nitrogens with one attached hydrogen (secondary N) is 1. The van der Waals surface area contributed by atoms with Gasteiger partial charge in [0.05, 0.1) is 11.9 Å². The molecule has 1 fully saturated rings. The minimum absolute atomic E-state index is 0.124. The molecule has 0 spiro atoms. The summed E-state index contributed by atoms with van der Waals surface area (Å²) < 4.78 is 30.3. The van der Waals surface area contributed by atoms with Gasteiger partial charge < -0.3 is 15.0 Å². The first-order chi connectivity index (χ1) is 15.2. The molecule has 0 radical (unpaired) electrons. The highest BCUT2D eigenvalue weighted by Gasteiger charge is 2.22. The van der Waals surface area contributed by atoms with Crippen molar-refractivity contribution in [1.82, 2.24) is 5.32 Å². The van der Waals surface area contributed by atoms with Crippen LogP contribution in [-0.4, -0.2) is 46.2 Å². The van der Waals surface area contributed by atoms with E-state index in [1.165, 1.54) is 11.4 Å². The first kappa shape index (κ1) is 23.6. The monoisotopic (exact) mass is 459 g/mol. The summed E-state index contributed by atoms with van der Waals surface area (Å²) in [5.41, 5.74) is 2.26. The van der Waals surface area contributed by atoms with Crippen LogP contribution in [0.3, 0.4) is 0 Å². The van der Waals surface area contributed by atoms with Crippen molar-refractivity contribution in [2.24, 2.45) is 0 Å². The summed E-state index contributed by atoms with van der Waals surface area (Å²) in [5, 5.41) is 2.89. The molecule has 1 aliphatic heterocycles. The van der Waals surface area contributed by atoms with Crippen LogP contribution in [0.5, 0.6) is 5.75 Å². The number of hydrogen-bond donors (Lipinski definition) is 1. The summed E-state index contributed by atoms with van der Waals surface area (Å²) in [6.45, 7) is 2.90. The van der Waals surface area contributed by atoms with E-state index in [1.807, 2.05) is 31.2 Å². The zero-order valence-corrected chi connectivity index (χ0v) is 19.4. The molecule has 1 aliphatic rings. The van der Waals surface area contributed by atoms with Gasteiger partial charge in [-0.05, 0) is 54.8 Å². The van der Waals surface area contributed by atoms with Crippen LogP contribution >= 0.6 is 0 Å². The number of benzene rings is 2. The van der Waals surface area contributed by atoms with E-state index >= 15 is 0 Å². The van der Waals surface area contributed by atoms with Gasteiger partial charge in [0.25, 0.3) is 5.91 Å². The lowest BCUT2D eigenvalue weighted by Crippen LogP contribution is -2.37. The van der Waals surface area contributed by atoms with E-state index in [-0.39, 0.29) is 11.8 Å². The number of carbonyl (C=O) groups excluding carboxylic acids is 2. The predicted octanol–water partition coefficient (Wildman–Crippen LogP) is 2.68. The second kappa shape index (κ2) is 10.0. The molecule has 1 heterocycles. The fourth-order valence-electron chi connectivity index (χ4n) is 3.47. The standard InChI is InChI=1S/C23H29N3O5S/c1-4-21(31-20-12-10-18(11-13-20)25(2)32(3,29)30)23(28)24-16-17-7-5-8-19(15-17)26-14-6-9-22(26)27/h5,7-8,10-13,15,21H,4,6,9,14,16H2,1-3H3,(H,24,28)/t21-/m1/s1. The average molecular weight is 460 g/mol. The molecule has 9 heteroatoms. The van der Waals surface area contributed by atoms with E-state index in [2.05, 4.69) is 5.32 Å². The molecule has 2 aromatic rings. The van der Waals surface area contributed by atoms with Crippen molar-refractivity contribution in [1.29, 1.82) is 0 Å². The van der Waals surface area contributed by atoms with Gasteiger partial charge in [0.1, 0.15) is 5.75 Å². The van der Waals surface area contributed by atoms with Crippen molar-refractivity contribution in [3.63, 3.8) is 0 Å². The molecular formula is C23H29N3O5S. The van der Waals surface area contributed by atoms with Crippen LogP contribution in [0.25, 0.3) is 0 Å². The number of nitrogens with zero attached hydrogens (tertiary/aromatic N) is 2. The molecule has 3 rings (SSSR count). The molecular weight excluding hydrogens is 430 g/mol. The molecule has 2 aromatic carbocycles. The van der Waals surface area contributed by atoms with Crippen LogP contribution in [0, 0.1) is 0 Å². The Hall–Kier alpha value is -3.07. The summed E-state index contributed by atoms with van der Waals surface area (Å²) in [5.74, 6) is 0.360. The minimum Gasteiger partial charge on any atom is -0.481 e. The van der Waals surface area contributed by atoms with Gasteiger partial charge in [0, 0.05) is 32.2 Å². The van der Waals surface area contributed by atoms with Crippen LogP contribution in [0.15, 0.2) is 48.5 Å². The smallest absolute Gasteiger partial charge is 0.261 e. The molecule has 1 N–H and O–H groups in total. The third-order valence-electron chi connectivity index (χ3n) is 5.40. The Bertz CT molecular complexity index is 1070. The third kappa shape index (κ3) is 5.79. The number of carbonyl (C=O) groups is 2. The first-order valence-electron chi connectivity index (χ1n) is 10.6. The zero-order valence-electron chi connectivity index (χ0n) is 18.6. The summed E-state index contributed by atoms with van der Waals surface area (Å²) >= 11 is 0. The summed E-state index contributed by atoms with van der Waals surface area (Å²) in [4.78, 5) is 26.4. The van der Waals surface area contributed by atoms with Crippen molar-refractivity contribution in [2.45, 2.75) is 38.8 Å². The number of ether oxygens (including phenoxy) is 1. The van der Waals surface area contributed by atoms with Gasteiger partial charge >= 0.3 is 0 Å². The third-order valence-corrected chi connectivity index (χ3v) is 6.61. The van der Waals surface area contributed by atoms with Crippen molar-refractivity contribution in [3.05, 3.63) is 54.1 Å². The predicted molar refractivity (Wildman–Crippen MR) is 124 cm³/mol. The Kier molecular flexibility index (Phi) is 7.40. The van der Waals surface area contributed by atoms with Crippen LogP contribution in [0.1, 0.15) is 31.7 Å². The second-order valence-corrected chi connectivity index (χ2v) is 9.79. The van der Waals surface area contributed by atoms with Crippen LogP contribution in [-0.2, 0) is 26.2 Å². The summed E-state index contributed by atoms with van der Waals surface area (Å²) in [7, 11) is -1.87. The highest BCUT2D eigenvalue weighted by Crippen LogP contribution is 2.23. The molecule has 0 unspecified atom stereocenters. The van der Waals surface area contributed by atoms with E-state index < -0.39 is 16.1 Å². The number of amides is 2. The fraction of sp³-hybridized carbons (Fsp3) is 0.391. The second-order valence-electron chi connectivity index (χ2n) is 7.78. The normalized spacial score (nSPS) is 14.8. The Morgan fingerprint density at radius 1 is 1.22 bits per heavy atom. The van der Waals surface area contributed by atoms with Crippen molar-refractivity contribution < 1.29 is 22.7 Å². The molecule has 0 saturated carbocycles. The fourth-order valence-corrected chi connectivity index (χ4v) is 3.98. The van der Waals surface area contributed by atoms with Crippen LogP contribution in [0.4, 0.5) is 11.4 Å². The largest absolute Gasteiger partial charge is 0.481 e. The van der Waals surface area contributed by atoms with E-state index in [0.29, 0.717) is 30.8 Å². The van der Waals surface area contributed by atoms with Gasteiger partial charge in [-0.2, -0.15) is 0 Å². The maximum Gasteiger partial charge on any atom is 0.261 e. The molecule has 32 heavy (non-hydrogen) atoms. The number of hydrogen-bond acceptors (Lipinski definition) is 5. The minimum atomic E-state index is -3.35. The molecule has 8 nitrogen and oxygen atoms in total. The quantitative estimate of drug-likeness (QED) is 0.622. The summed E-state index contributed by atoms with van der Waals surface area (Å²) in [6, 6.07) is 14.2. The van der Waals surface area contributed by atoms with E-state index in [1.54, 1.807) is 29.2 Å². The van der Waals surface area contributed by atoms with Gasteiger partial charge in [0.2, 0.25) is 15.9 Å². The molecule has 0 aliphatic carbocycles. The molecule has 172 valence electrons. The lowest BCUT2D eigenvalue weighted by Gasteiger charge is -2.20. The number of rotatable bonds is 9. The highest BCUT2D eigenvalue weighted by molar-refractivity contribution is 7.92. The Morgan fingerprint density at radius 3 is 2.53 bits per heavy atom. The molecule has 2 amide bonds. The Labute approximate surface area is 189 Å². The van der Waals surface area contributed by atoms with Crippen molar-refractivity contribution in [2.75, 3.05) is 29.1 Å². The molecule has 0 aromatic heterocycles. The van der Waals surface area contributed by atoms with E-state index in [0.717, 1.165) is 30.5 Å². The van der Waals surface area contributed by atoms with E-state index in [9.17, 15) is 18.0 Å². The Morgan fingerprint density at radius 2 is 1.94 bits per heavy atom. The van der Waals surface area contributed by atoms with Crippen molar-refractivity contribution >= 4 is 33.2 Å². The number of anilines is 2. The first-order valence-corrected chi connectivity index (χ1v) is 12.4. The van der Waals surface area contributed by atoms with Gasteiger partial charge in [0.15, 0.2) is 6.10 Å². The van der Waals surface area contributed by atoms with E-state index in [4.69, 9.17) is 4.74 Å². The van der Waals surface area contributed by atoms with Crippen LogP contribution in [0.2, 0.25) is 0 Å². The van der Waals surface area contributed by atoms with Crippen LogP contribution < -0.4 is 19.3 Å². The highest BCUT2D eigenvalue weighted by atomic mass is 32.2. The number of sulfonamides is 1. The molecule has 1 saturated heterocycles. The summed E-state index contributed by atoms with van der Waals surface area (Å²) in [6.07, 6.45) is 2.35. The SMILES string of the molecule is CC[C@@H](Oc1ccc(N(C)S(C)(=O)=O)cc1)C(=O)NCc1cccc(N2CCCC2=O)c1. The lowest BCUT2D eigenvalue weighted by atomic mass is 10.1. The zero-order chi connectivity index (χ0) is 23.3. The maximum absolute atomic E-state index is 12.7. The van der Waals surface area contributed by atoms with Gasteiger partial charge in [-0.15, -0.1) is 0 Å².